The summed E-state index contributed by atoms with van der Waals surface area (Å²) in [4.78, 5) is 2.40. The van der Waals surface area contributed by atoms with E-state index in [0.29, 0.717) is 0 Å². The minimum Gasteiger partial charge on any atom is -0.310 e. The Morgan fingerprint density at radius 3 is 1.81 bits per heavy atom. The lowest BCUT2D eigenvalue weighted by Crippen LogP contribution is -2.10. The highest BCUT2D eigenvalue weighted by Gasteiger charge is 2.23. The van der Waals surface area contributed by atoms with Crippen molar-refractivity contribution in [1.82, 2.24) is 9.13 Å². The van der Waals surface area contributed by atoms with Crippen LogP contribution < -0.4 is 4.90 Å². The number of fused-ring (bicyclic) bond motifs is 9. The number of aromatic nitrogens is 2. The fourth-order valence-corrected chi connectivity index (χ4v) is 9.45. The average Bonchev–Trinajstić information content (AvgIpc) is 3.86. The van der Waals surface area contributed by atoms with Gasteiger partial charge in [0, 0.05) is 64.5 Å². The van der Waals surface area contributed by atoms with Crippen LogP contribution in [0.1, 0.15) is 0 Å². The highest BCUT2D eigenvalue weighted by molar-refractivity contribution is 7.25. The van der Waals surface area contributed by atoms with E-state index in [-0.39, 0.29) is 5.82 Å². The molecule has 11 aromatic rings. The van der Waals surface area contributed by atoms with Gasteiger partial charge in [0.05, 0.1) is 27.8 Å². The summed E-state index contributed by atoms with van der Waals surface area (Å²) in [5.74, 6) is -0.259. The van der Waals surface area contributed by atoms with E-state index >= 15 is 0 Å². The number of hydrogen-bond donors (Lipinski definition) is 0. The zero-order valence-electron chi connectivity index (χ0n) is 28.4. The second-order valence-corrected chi connectivity index (χ2v) is 14.6. The smallest absolute Gasteiger partial charge is 0.125 e. The van der Waals surface area contributed by atoms with Crippen LogP contribution in [0.2, 0.25) is 0 Å². The largest absolute Gasteiger partial charge is 0.310 e. The molecule has 3 nitrogen and oxygen atoms in total. The average molecular weight is 700 g/mol. The number of halogens is 1. The summed E-state index contributed by atoms with van der Waals surface area (Å²) < 4.78 is 21.8. The third-order valence-electron chi connectivity index (χ3n) is 10.5. The first-order chi connectivity index (χ1) is 26.2. The van der Waals surface area contributed by atoms with Crippen molar-refractivity contribution in [3.8, 4) is 11.4 Å². The zero-order chi connectivity index (χ0) is 35.0. The topological polar surface area (TPSA) is 13.1 Å². The SMILES string of the molecule is Fc1cccc(-n2c3ccccc3c3c(N(c4ccc5c(c4)sc4ccccc45)c4ccc5c6ccccc6n(-c6ccccc6)c5c4)cccc32)c1. The number of para-hydroxylation sites is 3. The van der Waals surface area contributed by atoms with Gasteiger partial charge in [-0.1, -0.05) is 97.1 Å². The number of benzene rings is 8. The molecule has 5 heteroatoms. The van der Waals surface area contributed by atoms with Gasteiger partial charge < -0.3 is 14.0 Å². The van der Waals surface area contributed by atoms with Crippen molar-refractivity contribution in [2.24, 2.45) is 0 Å². The van der Waals surface area contributed by atoms with Gasteiger partial charge >= 0.3 is 0 Å². The zero-order valence-corrected chi connectivity index (χ0v) is 29.3. The fraction of sp³-hybridized carbons (Fsp3) is 0. The fourth-order valence-electron chi connectivity index (χ4n) is 8.31. The molecule has 0 bridgehead atoms. The molecule has 8 aromatic carbocycles. The monoisotopic (exact) mass is 699 g/mol. The molecule has 0 N–H and O–H groups in total. The molecule has 0 aliphatic carbocycles. The van der Waals surface area contributed by atoms with Crippen molar-refractivity contribution in [3.05, 3.63) is 188 Å². The molecule has 0 saturated heterocycles. The molecule has 0 amide bonds. The summed E-state index contributed by atoms with van der Waals surface area (Å²) >= 11 is 1.83. The van der Waals surface area contributed by atoms with E-state index in [0.717, 1.165) is 55.8 Å². The Bertz CT molecular complexity index is 3210. The number of hydrogen-bond acceptors (Lipinski definition) is 2. The Morgan fingerprint density at radius 2 is 0.981 bits per heavy atom. The summed E-state index contributed by atoms with van der Waals surface area (Å²) in [6, 6.07) is 63.4. The van der Waals surface area contributed by atoms with Gasteiger partial charge in [0.1, 0.15) is 5.82 Å². The molecule has 3 aromatic heterocycles. The molecule has 0 saturated carbocycles. The van der Waals surface area contributed by atoms with Gasteiger partial charge in [-0.15, -0.1) is 11.3 Å². The van der Waals surface area contributed by atoms with Crippen LogP contribution in [0.3, 0.4) is 0 Å². The van der Waals surface area contributed by atoms with Gasteiger partial charge in [-0.2, -0.15) is 0 Å². The maximum Gasteiger partial charge on any atom is 0.125 e. The Hall–Kier alpha value is -6.69. The van der Waals surface area contributed by atoms with Crippen LogP contribution in [0.25, 0.3) is 75.2 Å². The number of nitrogens with zero attached hydrogens (tertiary/aromatic N) is 3. The highest BCUT2D eigenvalue weighted by Crippen LogP contribution is 2.47. The molecule has 0 radical (unpaired) electrons. The molecule has 3 heterocycles. The normalized spacial score (nSPS) is 11.9. The van der Waals surface area contributed by atoms with Crippen LogP contribution in [-0.4, -0.2) is 9.13 Å². The van der Waals surface area contributed by atoms with Crippen LogP contribution >= 0.6 is 11.3 Å². The molecular formula is C48H30FN3S. The van der Waals surface area contributed by atoms with Crippen LogP contribution in [-0.2, 0) is 0 Å². The van der Waals surface area contributed by atoms with Crippen molar-refractivity contribution >= 4 is 92.2 Å². The number of anilines is 3. The lowest BCUT2D eigenvalue weighted by atomic mass is 10.1. The Labute approximate surface area is 308 Å². The van der Waals surface area contributed by atoms with Crippen LogP contribution in [0.5, 0.6) is 0 Å². The quantitative estimate of drug-likeness (QED) is 0.174. The van der Waals surface area contributed by atoms with Gasteiger partial charge in [-0.25, -0.2) is 4.39 Å². The molecule has 53 heavy (non-hydrogen) atoms. The first kappa shape index (κ1) is 30.0. The minimum absolute atomic E-state index is 0.259. The third-order valence-corrected chi connectivity index (χ3v) is 11.7. The summed E-state index contributed by atoms with van der Waals surface area (Å²) in [6.45, 7) is 0. The summed E-state index contributed by atoms with van der Waals surface area (Å²) in [7, 11) is 0. The van der Waals surface area contributed by atoms with E-state index in [9.17, 15) is 4.39 Å². The summed E-state index contributed by atoms with van der Waals surface area (Å²) in [6.07, 6.45) is 0. The molecule has 0 fully saturated rings. The molecule has 0 spiro atoms. The predicted molar refractivity (Wildman–Crippen MR) is 223 cm³/mol. The maximum atomic E-state index is 14.8. The number of rotatable bonds is 5. The van der Waals surface area contributed by atoms with Crippen molar-refractivity contribution in [2.75, 3.05) is 4.90 Å². The van der Waals surface area contributed by atoms with Crippen LogP contribution in [0.15, 0.2) is 182 Å². The van der Waals surface area contributed by atoms with E-state index in [2.05, 4.69) is 172 Å². The Balaban J connectivity index is 1.24. The van der Waals surface area contributed by atoms with Crippen molar-refractivity contribution in [2.45, 2.75) is 0 Å². The Kier molecular flexibility index (Phi) is 6.60. The molecule has 11 rings (SSSR count). The van der Waals surface area contributed by atoms with Gasteiger partial charge in [-0.3, -0.25) is 0 Å². The molecule has 250 valence electrons. The van der Waals surface area contributed by atoms with E-state index < -0.39 is 0 Å². The van der Waals surface area contributed by atoms with Crippen molar-refractivity contribution in [1.29, 1.82) is 0 Å². The summed E-state index contributed by atoms with van der Waals surface area (Å²) in [5, 5.41) is 7.17. The number of thiophene rings is 1. The highest BCUT2D eigenvalue weighted by atomic mass is 32.1. The van der Waals surface area contributed by atoms with Crippen molar-refractivity contribution < 1.29 is 4.39 Å². The summed E-state index contributed by atoms with van der Waals surface area (Å²) in [5.41, 5.74) is 9.43. The Morgan fingerprint density at radius 1 is 0.396 bits per heavy atom. The van der Waals surface area contributed by atoms with E-state index in [1.165, 1.54) is 42.5 Å². The van der Waals surface area contributed by atoms with Gasteiger partial charge in [0.25, 0.3) is 0 Å². The molecular weight excluding hydrogens is 670 g/mol. The van der Waals surface area contributed by atoms with E-state index in [4.69, 9.17) is 0 Å². The predicted octanol–water partition coefficient (Wildman–Crippen LogP) is 13.9. The third kappa shape index (κ3) is 4.57. The second kappa shape index (κ2) is 11.7. The van der Waals surface area contributed by atoms with E-state index in [1.54, 1.807) is 12.1 Å². The van der Waals surface area contributed by atoms with Crippen molar-refractivity contribution in [3.63, 3.8) is 0 Å². The molecule has 0 aliphatic rings. The van der Waals surface area contributed by atoms with E-state index in [1.807, 2.05) is 17.4 Å². The second-order valence-electron chi connectivity index (χ2n) is 13.5. The van der Waals surface area contributed by atoms with Gasteiger partial charge in [0.15, 0.2) is 0 Å². The standard InChI is InChI=1S/C48H30FN3S/c49-31-12-10-15-33(28-31)52-42-20-8-5-18-40(42)48-43(21-11-22-44(48)52)50(35-25-27-39-38-17-6-9-23-46(38)53-47(39)30-35)34-24-26-37-36-16-4-7-19-41(36)51(45(37)29-34)32-13-2-1-3-14-32/h1-30H. The molecule has 0 aliphatic heterocycles. The first-order valence-electron chi connectivity index (χ1n) is 17.8. The maximum absolute atomic E-state index is 14.8. The van der Waals surface area contributed by atoms with Crippen LogP contribution in [0, 0.1) is 5.82 Å². The first-order valence-corrected chi connectivity index (χ1v) is 18.6. The lowest BCUT2D eigenvalue weighted by molar-refractivity contribution is 0.627. The molecule has 0 atom stereocenters. The van der Waals surface area contributed by atoms with Crippen LogP contribution in [0.4, 0.5) is 21.5 Å². The van der Waals surface area contributed by atoms with Gasteiger partial charge in [-0.05, 0) is 84.9 Å². The molecule has 0 unspecified atom stereocenters. The van der Waals surface area contributed by atoms with Gasteiger partial charge in [0.2, 0.25) is 0 Å². The lowest BCUT2D eigenvalue weighted by Gasteiger charge is -2.27. The minimum atomic E-state index is -0.259.